The molecule has 0 aliphatic carbocycles. The lowest BCUT2D eigenvalue weighted by atomic mass is 10.1. The summed E-state index contributed by atoms with van der Waals surface area (Å²) in [5.74, 6) is 0.373. The van der Waals surface area contributed by atoms with Crippen molar-refractivity contribution in [2.24, 2.45) is 0 Å². The van der Waals surface area contributed by atoms with E-state index in [0.717, 1.165) is 17.5 Å². The lowest BCUT2D eigenvalue weighted by Gasteiger charge is -2.17. The van der Waals surface area contributed by atoms with Gasteiger partial charge in [-0.15, -0.1) is 0 Å². The summed E-state index contributed by atoms with van der Waals surface area (Å²) in [7, 11) is -3.47. The van der Waals surface area contributed by atoms with Crippen LogP contribution in [0.4, 0.5) is 5.69 Å². The minimum absolute atomic E-state index is 0.131. The van der Waals surface area contributed by atoms with Crippen LogP contribution in [0.3, 0.4) is 0 Å². The van der Waals surface area contributed by atoms with E-state index < -0.39 is 15.4 Å². The molecule has 198 valence electrons. The summed E-state index contributed by atoms with van der Waals surface area (Å²) in [6.45, 7) is 0. The Morgan fingerprint density at radius 3 is 2.25 bits per heavy atom. The molecule has 0 saturated carbocycles. The highest BCUT2D eigenvalue weighted by Gasteiger charge is 2.20. The highest BCUT2D eigenvalue weighted by molar-refractivity contribution is 7.90. The van der Waals surface area contributed by atoms with Gasteiger partial charge < -0.3 is 5.73 Å². The fourth-order valence-corrected chi connectivity index (χ4v) is 5.24. The van der Waals surface area contributed by atoms with Crippen LogP contribution < -0.4 is 11.3 Å². The molecule has 0 saturated heterocycles. The molecule has 2 N–H and O–H groups in total. The number of nitrogens with zero attached hydrogens (tertiary/aromatic N) is 5. The quantitative estimate of drug-likeness (QED) is 0.312. The molecule has 0 aliphatic heterocycles. The number of imidazole rings is 1. The first-order valence-corrected chi connectivity index (χ1v) is 14.3. The van der Waals surface area contributed by atoms with Crippen LogP contribution in [-0.4, -0.2) is 38.8 Å². The van der Waals surface area contributed by atoms with Crippen molar-refractivity contribution >= 4 is 38.3 Å². The van der Waals surface area contributed by atoms with Gasteiger partial charge in [-0.2, -0.15) is 4.98 Å². The van der Waals surface area contributed by atoms with Crippen LogP contribution in [0, 0.1) is 0 Å². The Morgan fingerprint density at radius 2 is 1.57 bits per heavy atom. The number of halogens is 1. The summed E-state index contributed by atoms with van der Waals surface area (Å²) in [5, 5.41) is 0.547. The maximum absolute atomic E-state index is 13.3. The van der Waals surface area contributed by atoms with E-state index in [9.17, 15) is 13.2 Å². The summed E-state index contributed by atoms with van der Waals surface area (Å²) >= 11 is 6.19. The number of hydrogen-bond acceptors (Lipinski definition) is 7. The van der Waals surface area contributed by atoms with E-state index in [4.69, 9.17) is 17.3 Å². The van der Waals surface area contributed by atoms with Crippen LogP contribution >= 0.6 is 11.6 Å². The van der Waals surface area contributed by atoms with Crippen molar-refractivity contribution in [3.05, 3.63) is 113 Å². The van der Waals surface area contributed by atoms with Crippen LogP contribution in [0.1, 0.15) is 0 Å². The predicted molar refractivity (Wildman–Crippen MR) is 156 cm³/mol. The number of nitrogen functional groups attached to an aromatic ring is 1. The van der Waals surface area contributed by atoms with Crippen molar-refractivity contribution in [3.8, 4) is 34.0 Å². The summed E-state index contributed by atoms with van der Waals surface area (Å²) in [6, 6.07) is 24.7. The van der Waals surface area contributed by atoms with Gasteiger partial charge in [-0.25, -0.2) is 13.4 Å². The smallest absolute Gasteiger partial charge is 0.301 e. The topological polar surface area (TPSA) is 126 Å². The third-order valence-corrected chi connectivity index (χ3v) is 7.77. The number of aromatic nitrogens is 5. The summed E-state index contributed by atoms with van der Waals surface area (Å²) < 4.78 is 28.0. The Labute approximate surface area is 234 Å². The van der Waals surface area contributed by atoms with E-state index in [1.165, 1.54) is 12.4 Å². The number of anilines is 1. The van der Waals surface area contributed by atoms with E-state index >= 15 is 0 Å². The molecular formula is C29H21ClN6O3S. The Balaban J connectivity index is 1.61. The molecule has 6 aromatic rings. The average molecular weight is 569 g/mol. The predicted octanol–water partition coefficient (Wildman–Crippen LogP) is 4.94. The van der Waals surface area contributed by atoms with Gasteiger partial charge in [-0.05, 0) is 54.6 Å². The van der Waals surface area contributed by atoms with Gasteiger partial charge in [0.2, 0.25) is 0 Å². The summed E-state index contributed by atoms with van der Waals surface area (Å²) in [6.07, 6.45) is 4.23. The van der Waals surface area contributed by atoms with Gasteiger partial charge in [-0.3, -0.25) is 18.9 Å². The fourth-order valence-electron chi connectivity index (χ4n) is 4.45. The van der Waals surface area contributed by atoms with Gasteiger partial charge >= 0.3 is 5.56 Å². The highest BCUT2D eigenvalue weighted by atomic mass is 35.5. The molecule has 0 atom stereocenters. The maximum Gasteiger partial charge on any atom is 0.301 e. The number of pyridine rings is 1. The van der Waals surface area contributed by atoms with Crippen molar-refractivity contribution in [2.75, 3.05) is 12.0 Å². The number of benzene rings is 3. The van der Waals surface area contributed by atoms with Gasteiger partial charge in [0, 0.05) is 33.8 Å². The van der Waals surface area contributed by atoms with Gasteiger partial charge in [0.05, 0.1) is 22.5 Å². The minimum atomic E-state index is -3.47. The first kappa shape index (κ1) is 25.5. The molecule has 0 unspecified atom stereocenters. The molecule has 0 radical (unpaired) electrons. The Morgan fingerprint density at radius 1 is 0.850 bits per heavy atom. The molecule has 0 spiro atoms. The van der Waals surface area contributed by atoms with Crippen molar-refractivity contribution < 1.29 is 8.42 Å². The second kappa shape index (κ2) is 9.74. The second-order valence-corrected chi connectivity index (χ2v) is 11.6. The van der Waals surface area contributed by atoms with E-state index in [0.29, 0.717) is 39.1 Å². The van der Waals surface area contributed by atoms with Crippen LogP contribution in [0.5, 0.6) is 0 Å². The number of nitrogens with two attached hydrogens (primary N) is 1. The molecule has 0 bridgehead atoms. The Bertz CT molecular complexity index is 2050. The zero-order valence-electron chi connectivity index (χ0n) is 21.1. The molecule has 3 aromatic carbocycles. The van der Waals surface area contributed by atoms with Gasteiger partial charge in [0.1, 0.15) is 12.2 Å². The maximum atomic E-state index is 13.3. The van der Waals surface area contributed by atoms with Crippen LogP contribution in [0.25, 0.3) is 45.2 Å². The number of sulfone groups is 1. The molecule has 6 rings (SSSR count). The third-order valence-electron chi connectivity index (χ3n) is 6.41. The Kier molecular flexibility index (Phi) is 6.21. The first-order chi connectivity index (χ1) is 19.2. The zero-order chi connectivity index (χ0) is 28.0. The summed E-state index contributed by atoms with van der Waals surface area (Å²) in [5.41, 5.74) is 9.88. The monoisotopic (exact) mass is 568 g/mol. The Hall–Kier alpha value is -4.80. The first-order valence-electron chi connectivity index (χ1n) is 12.1. The zero-order valence-corrected chi connectivity index (χ0v) is 22.6. The minimum Gasteiger partial charge on any atom is -0.397 e. The van der Waals surface area contributed by atoms with Crippen molar-refractivity contribution in [1.82, 2.24) is 24.1 Å². The van der Waals surface area contributed by atoms with E-state index in [1.54, 1.807) is 47.2 Å². The molecule has 0 aliphatic rings. The molecule has 0 amide bonds. The van der Waals surface area contributed by atoms with Crippen LogP contribution in [0.15, 0.2) is 107 Å². The number of hydrogen-bond donors (Lipinski definition) is 1. The molecule has 3 aromatic heterocycles. The average Bonchev–Trinajstić information content (AvgIpc) is 3.40. The normalized spacial score (nSPS) is 11.7. The largest absolute Gasteiger partial charge is 0.397 e. The molecule has 11 heteroatoms. The third kappa shape index (κ3) is 4.63. The van der Waals surface area contributed by atoms with Crippen molar-refractivity contribution in [2.45, 2.75) is 4.90 Å². The molecule has 9 nitrogen and oxygen atoms in total. The second-order valence-electron chi connectivity index (χ2n) is 9.16. The van der Waals surface area contributed by atoms with Gasteiger partial charge in [0.15, 0.2) is 21.0 Å². The van der Waals surface area contributed by atoms with Crippen molar-refractivity contribution in [1.29, 1.82) is 0 Å². The lowest BCUT2D eigenvalue weighted by Crippen LogP contribution is -2.17. The van der Waals surface area contributed by atoms with Crippen LogP contribution in [-0.2, 0) is 9.84 Å². The highest BCUT2D eigenvalue weighted by Crippen LogP contribution is 2.29. The van der Waals surface area contributed by atoms with Gasteiger partial charge in [0.25, 0.3) is 0 Å². The molecular weight excluding hydrogens is 548 g/mol. The standard InChI is InChI=1S/C29H21ClN6O3S/c1-40(38,39)24-4-2-3-23(15-24)35-17-33-26-28(37)34-27(36(29(26)35)22-12-9-20(30)10-13-22)19-7-5-18(6-8-19)25-14-11-21(31)16-32-25/h2-17H,31H2,1H3. The molecule has 0 fully saturated rings. The van der Waals surface area contributed by atoms with E-state index in [-0.39, 0.29) is 10.4 Å². The summed E-state index contributed by atoms with van der Waals surface area (Å²) in [4.78, 5) is 26.6. The molecule has 3 heterocycles. The number of fused-ring (bicyclic) bond motifs is 1. The van der Waals surface area contributed by atoms with Crippen LogP contribution in [0.2, 0.25) is 5.02 Å². The fraction of sp³-hybridized carbons (Fsp3) is 0.0345. The molecule has 40 heavy (non-hydrogen) atoms. The number of rotatable bonds is 5. The van der Waals surface area contributed by atoms with E-state index in [1.807, 2.05) is 47.0 Å². The van der Waals surface area contributed by atoms with Gasteiger partial charge in [-0.1, -0.05) is 41.9 Å². The van der Waals surface area contributed by atoms with E-state index in [2.05, 4.69) is 15.0 Å². The van der Waals surface area contributed by atoms with Crippen molar-refractivity contribution in [3.63, 3.8) is 0 Å². The lowest BCUT2D eigenvalue weighted by molar-refractivity contribution is 0.602. The SMILES string of the molecule is CS(=O)(=O)c1cccc(-n2cnc3c(=O)nc(-c4ccc(-c5ccc(N)cn5)cc4)n(-c4ccc(Cl)cc4)c32)c1.